The summed E-state index contributed by atoms with van der Waals surface area (Å²) in [7, 11) is 0. The van der Waals surface area contributed by atoms with Gasteiger partial charge in [-0.15, -0.1) is 0 Å². The lowest BCUT2D eigenvalue weighted by Crippen LogP contribution is -2.27. The third-order valence-electron chi connectivity index (χ3n) is 4.01. The minimum Gasteiger partial charge on any atom is -0.350 e. The molecule has 0 atom stereocenters. The SMILES string of the molecule is Cc1nn(-c2ccccc2)c(C)c1CCNC(=O)c1ccc(=O)[nH]n1. The molecule has 128 valence electrons. The van der Waals surface area contributed by atoms with Crippen LogP contribution in [0.15, 0.2) is 47.3 Å². The van der Waals surface area contributed by atoms with Crippen LogP contribution in [0.4, 0.5) is 0 Å². The van der Waals surface area contributed by atoms with Gasteiger partial charge in [-0.05, 0) is 44.0 Å². The van der Waals surface area contributed by atoms with E-state index in [1.165, 1.54) is 12.1 Å². The summed E-state index contributed by atoms with van der Waals surface area (Å²) in [5.74, 6) is -0.318. The molecule has 2 aromatic heterocycles. The highest BCUT2D eigenvalue weighted by Crippen LogP contribution is 2.18. The second kappa shape index (κ2) is 7.12. The van der Waals surface area contributed by atoms with E-state index < -0.39 is 0 Å². The summed E-state index contributed by atoms with van der Waals surface area (Å²) in [6.07, 6.45) is 0.666. The third-order valence-corrected chi connectivity index (χ3v) is 4.01. The highest BCUT2D eigenvalue weighted by atomic mass is 16.2. The molecule has 0 saturated heterocycles. The van der Waals surface area contributed by atoms with E-state index in [-0.39, 0.29) is 17.2 Å². The number of carbonyl (C=O) groups is 1. The number of H-pyrrole nitrogens is 1. The Bertz CT molecular complexity index is 923. The van der Waals surface area contributed by atoms with Crippen molar-refractivity contribution >= 4 is 5.91 Å². The van der Waals surface area contributed by atoms with Gasteiger partial charge in [0.2, 0.25) is 0 Å². The van der Waals surface area contributed by atoms with Crippen LogP contribution < -0.4 is 10.9 Å². The molecule has 0 saturated carbocycles. The number of aromatic nitrogens is 4. The van der Waals surface area contributed by atoms with Gasteiger partial charge in [-0.3, -0.25) is 9.59 Å². The van der Waals surface area contributed by atoms with Crippen molar-refractivity contribution in [1.29, 1.82) is 0 Å². The Balaban J connectivity index is 1.67. The smallest absolute Gasteiger partial charge is 0.271 e. The van der Waals surface area contributed by atoms with Crippen LogP contribution in [0.5, 0.6) is 0 Å². The first-order chi connectivity index (χ1) is 12.1. The van der Waals surface area contributed by atoms with E-state index in [4.69, 9.17) is 0 Å². The molecule has 2 N–H and O–H groups in total. The first-order valence-electron chi connectivity index (χ1n) is 8.00. The zero-order valence-electron chi connectivity index (χ0n) is 14.1. The predicted octanol–water partition coefficient (Wildman–Crippen LogP) is 1.54. The monoisotopic (exact) mass is 337 g/mol. The summed E-state index contributed by atoms with van der Waals surface area (Å²) in [6.45, 7) is 4.45. The van der Waals surface area contributed by atoms with Crippen LogP contribution >= 0.6 is 0 Å². The fourth-order valence-corrected chi connectivity index (χ4v) is 2.72. The van der Waals surface area contributed by atoms with Gasteiger partial charge in [-0.1, -0.05) is 18.2 Å². The second-order valence-corrected chi connectivity index (χ2v) is 5.71. The van der Waals surface area contributed by atoms with Crippen molar-refractivity contribution in [2.24, 2.45) is 0 Å². The molecule has 0 unspecified atom stereocenters. The van der Waals surface area contributed by atoms with Crippen LogP contribution in [0.2, 0.25) is 0 Å². The van der Waals surface area contributed by atoms with E-state index in [1.54, 1.807) is 0 Å². The molecule has 3 aromatic rings. The van der Waals surface area contributed by atoms with Gasteiger partial charge in [-0.25, -0.2) is 9.78 Å². The van der Waals surface area contributed by atoms with E-state index >= 15 is 0 Å². The third kappa shape index (κ3) is 3.65. The van der Waals surface area contributed by atoms with E-state index in [0.717, 1.165) is 22.6 Å². The van der Waals surface area contributed by atoms with Crippen molar-refractivity contribution in [2.45, 2.75) is 20.3 Å². The van der Waals surface area contributed by atoms with Gasteiger partial charge in [-0.2, -0.15) is 10.2 Å². The first-order valence-corrected chi connectivity index (χ1v) is 8.00. The Kier molecular flexibility index (Phi) is 4.74. The van der Waals surface area contributed by atoms with Crippen molar-refractivity contribution in [3.8, 4) is 5.69 Å². The molecule has 1 amide bonds. The lowest BCUT2D eigenvalue weighted by atomic mass is 10.1. The molecule has 25 heavy (non-hydrogen) atoms. The fourth-order valence-electron chi connectivity index (χ4n) is 2.72. The largest absolute Gasteiger partial charge is 0.350 e. The standard InChI is InChI=1S/C18H19N5O2/c1-12-15(13(2)23(22-12)14-6-4-3-5-7-14)10-11-19-18(25)16-8-9-17(24)21-20-16/h3-9H,10-11H2,1-2H3,(H,19,25)(H,21,24). The van der Waals surface area contributed by atoms with Crippen LogP contribution in [-0.4, -0.2) is 32.4 Å². The number of para-hydroxylation sites is 1. The summed E-state index contributed by atoms with van der Waals surface area (Å²) < 4.78 is 1.91. The number of nitrogens with zero attached hydrogens (tertiary/aromatic N) is 3. The molecule has 0 aliphatic rings. The molecule has 1 aromatic carbocycles. The highest BCUT2D eigenvalue weighted by molar-refractivity contribution is 5.91. The van der Waals surface area contributed by atoms with Gasteiger partial charge in [0.05, 0.1) is 11.4 Å². The summed E-state index contributed by atoms with van der Waals surface area (Å²) in [4.78, 5) is 23.0. The number of aromatic amines is 1. The molecule has 0 bridgehead atoms. The summed E-state index contributed by atoms with van der Waals surface area (Å²) in [5.41, 5.74) is 3.97. The van der Waals surface area contributed by atoms with Gasteiger partial charge in [0.15, 0.2) is 0 Å². The molecule has 0 fully saturated rings. The van der Waals surface area contributed by atoms with E-state index in [9.17, 15) is 9.59 Å². The van der Waals surface area contributed by atoms with Crippen LogP contribution in [-0.2, 0) is 6.42 Å². The Morgan fingerprint density at radius 1 is 1.16 bits per heavy atom. The molecule has 0 radical (unpaired) electrons. The predicted molar refractivity (Wildman–Crippen MR) is 93.9 cm³/mol. The highest BCUT2D eigenvalue weighted by Gasteiger charge is 2.13. The van der Waals surface area contributed by atoms with E-state index in [1.807, 2.05) is 48.9 Å². The van der Waals surface area contributed by atoms with E-state index in [0.29, 0.717) is 13.0 Å². The first kappa shape index (κ1) is 16.6. The topological polar surface area (TPSA) is 92.7 Å². The maximum Gasteiger partial charge on any atom is 0.271 e. The number of benzene rings is 1. The molecular weight excluding hydrogens is 318 g/mol. The Morgan fingerprint density at radius 3 is 2.60 bits per heavy atom. The van der Waals surface area contributed by atoms with Crippen molar-refractivity contribution < 1.29 is 4.79 Å². The van der Waals surface area contributed by atoms with Gasteiger partial charge >= 0.3 is 0 Å². The number of carbonyl (C=O) groups excluding carboxylic acids is 1. The Labute approximate surface area is 144 Å². The lowest BCUT2D eigenvalue weighted by molar-refractivity contribution is 0.0948. The van der Waals surface area contributed by atoms with Crippen molar-refractivity contribution in [3.63, 3.8) is 0 Å². The maximum absolute atomic E-state index is 12.0. The van der Waals surface area contributed by atoms with Crippen LogP contribution in [0, 0.1) is 13.8 Å². The number of hydrogen-bond acceptors (Lipinski definition) is 4. The molecule has 0 aliphatic carbocycles. The molecule has 0 aliphatic heterocycles. The molecule has 3 rings (SSSR count). The summed E-state index contributed by atoms with van der Waals surface area (Å²) >= 11 is 0. The minimum atomic E-state index is -0.337. The average Bonchev–Trinajstić information content (AvgIpc) is 2.91. The zero-order valence-corrected chi connectivity index (χ0v) is 14.1. The van der Waals surface area contributed by atoms with Gasteiger partial charge in [0.1, 0.15) is 5.69 Å². The van der Waals surface area contributed by atoms with Crippen molar-refractivity contribution in [3.05, 3.63) is 75.5 Å². The quantitative estimate of drug-likeness (QED) is 0.739. The van der Waals surface area contributed by atoms with Crippen molar-refractivity contribution in [2.75, 3.05) is 6.54 Å². The zero-order chi connectivity index (χ0) is 17.8. The Hall–Kier alpha value is -3.22. The van der Waals surface area contributed by atoms with Crippen LogP contribution in [0.3, 0.4) is 0 Å². The minimum absolute atomic E-state index is 0.188. The lowest BCUT2D eigenvalue weighted by Gasteiger charge is -2.06. The molecule has 2 heterocycles. The van der Waals surface area contributed by atoms with Crippen LogP contribution in [0.25, 0.3) is 5.69 Å². The number of hydrogen-bond donors (Lipinski definition) is 2. The van der Waals surface area contributed by atoms with Crippen molar-refractivity contribution in [1.82, 2.24) is 25.3 Å². The molecule has 0 spiro atoms. The van der Waals surface area contributed by atoms with E-state index in [2.05, 4.69) is 20.6 Å². The maximum atomic E-state index is 12.0. The van der Waals surface area contributed by atoms with Gasteiger partial charge in [0, 0.05) is 18.3 Å². The molecular formula is C18H19N5O2. The number of amides is 1. The average molecular weight is 337 g/mol. The number of aryl methyl sites for hydroxylation is 1. The Morgan fingerprint density at radius 2 is 1.92 bits per heavy atom. The number of nitrogens with one attached hydrogen (secondary N) is 2. The van der Waals surface area contributed by atoms with Gasteiger partial charge < -0.3 is 5.32 Å². The fraction of sp³-hybridized carbons (Fsp3) is 0.222. The van der Waals surface area contributed by atoms with Gasteiger partial charge in [0.25, 0.3) is 11.5 Å². The van der Waals surface area contributed by atoms with Crippen LogP contribution in [0.1, 0.15) is 27.4 Å². The summed E-state index contributed by atoms with van der Waals surface area (Å²) in [6, 6.07) is 12.6. The summed E-state index contributed by atoms with van der Waals surface area (Å²) in [5, 5.41) is 13.4. The second-order valence-electron chi connectivity index (χ2n) is 5.71. The molecule has 7 nitrogen and oxygen atoms in total. The number of rotatable bonds is 5. The molecule has 7 heteroatoms. The normalized spacial score (nSPS) is 10.6.